The molecule has 3 aliphatic heterocycles. The van der Waals surface area contributed by atoms with Gasteiger partial charge in [-0.2, -0.15) is 0 Å². The predicted octanol–water partition coefficient (Wildman–Crippen LogP) is 3.78. The maximum Gasteiger partial charge on any atom is 0.229 e. The molecule has 3 saturated heterocycles. The van der Waals surface area contributed by atoms with Crippen LogP contribution in [-0.4, -0.2) is 87.6 Å². The second-order valence-corrected chi connectivity index (χ2v) is 16.7. The van der Waals surface area contributed by atoms with E-state index in [4.69, 9.17) is 0 Å². The predicted molar refractivity (Wildman–Crippen MR) is 163 cm³/mol. The van der Waals surface area contributed by atoms with Crippen LogP contribution in [0.1, 0.15) is 50.2 Å². The number of hydrogen-bond acceptors (Lipinski definition) is 6. The smallest absolute Gasteiger partial charge is 0.229 e. The average molecular weight is 624 g/mol. The van der Waals surface area contributed by atoms with Crippen molar-refractivity contribution in [3.8, 4) is 0 Å². The van der Waals surface area contributed by atoms with Crippen molar-refractivity contribution in [3.63, 3.8) is 0 Å². The Balaban J connectivity index is 0.00000387. The second kappa shape index (κ2) is 12.3. The van der Waals surface area contributed by atoms with Crippen molar-refractivity contribution in [1.82, 2.24) is 14.1 Å². The molecule has 0 bridgehead atoms. The van der Waals surface area contributed by atoms with Crippen molar-refractivity contribution in [2.45, 2.75) is 55.7 Å². The highest BCUT2D eigenvalue weighted by Gasteiger charge is 2.49. The summed E-state index contributed by atoms with van der Waals surface area (Å²) in [7, 11) is -6.57. The summed E-state index contributed by atoms with van der Waals surface area (Å²) in [5, 5.41) is -0.438. The van der Waals surface area contributed by atoms with Gasteiger partial charge in [-0.25, -0.2) is 21.1 Å². The van der Waals surface area contributed by atoms with Crippen LogP contribution in [0.4, 0.5) is 0 Å². The van der Waals surface area contributed by atoms with Crippen molar-refractivity contribution in [3.05, 3.63) is 65.7 Å². The third kappa shape index (κ3) is 6.67. The first-order valence-corrected chi connectivity index (χ1v) is 17.6. The number of benzene rings is 2. The van der Waals surface area contributed by atoms with Gasteiger partial charge in [0.25, 0.3) is 0 Å². The molecule has 8 nitrogen and oxygen atoms in total. The van der Waals surface area contributed by atoms with E-state index in [0.29, 0.717) is 26.2 Å². The van der Waals surface area contributed by atoms with Gasteiger partial charge in [0.05, 0.1) is 15.6 Å². The van der Waals surface area contributed by atoms with Gasteiger partial charge in [0.1, 0.15) is 0 Å². The van der Waals surface area contributed by atoms with Gasteiger partial charge in [-0.3, -0.25) is 4.79 Å². The minimum Gasteiger partial charge on any atom is -0.338 e. The lowest BCUT2D eigenvalue weighted by molar-refractivity contribution is -0.139. The van der Waals surface area contributed by atoms with E-state index in [1.165, 1.54) is 11.8 Å². The van der Waals surface area contributed by atoms with E-state index in [1.807, 2.05) is 23.1 Å². The monoisotopic (exact) mass is 623 g/mol. The SMILES string of the molecule is CC(C)S(=O)(=O)N1CC(CN2CCC3(CC2)CCN(Cc2ccc(S(C)(=O)=O)cc2)C3=O)C(c2ccccc2)C1.Cl. The largest absolute Gasteiger partial charge is 0.338 e. The summed E-state index contributed by atoms with van der Waals surface area (Å²) in [6.45, 7) is 8.24. The van der Waals surface area contributed by atoms with Gasteiger partial charge in [0.15, 0.2) is 9.84 Å². The van der Waals surface area contributed by atoms with Gasteiger partial charge in [0.2, 0.25) is 15.9 Å². The highest BCUT2D eigenvalue weighted by Crippen LogP contribution is 2.43. The summed E-state index contributed by atoms with van der Waals surface area (Å²) in [4.78, 5) is 18.2. The zero-order valence-electron chi connectivity index (χ0n) is 24.1. The molecular weight excluding hydrogens is 582 g/mol. The maximum atomic E-state index is 13.6. The molecule has 1 amide bonds. The first kappa shape index (κ1) is 31.9. The lowest BCUT2D eigenvalue weighted by Crippen LogP contribution is -2.46. The number of nitrogens with zero attached hydrogens (tertiary/aromatic N) is 3. The molecule has 2 atom stereocenters. The molecule has 3 aliphatic rings. The Morgan fingerprint density at radius 2 is 1.49 bits per heavy atom. The number of sulfone groups is 1. The number of halogens is 1. The Bertz CT molecular complexity index is 1420. The molecule has 2 aromatic carbocycles. The molecule has 0 saturated carbocycles. The summed E-state index contributed by atoms with van der Waals surface area (Å²) in [6, 6.07) is 17.1. The Kier molecular flexibility index (Phi) is 9.60. The lowest BCUT2D eigenvalue weighted by atomic mass is 9.76. The Hall–Kier alpha value is -1.98. The minimum absolute atomic E-state index is 0. The molecule has 2 aromatic rings. The number of carbonyl (C=O) groups excluding carboxylic acids is 1. The van der Waals surface area contributed by atoms with Gasteiger partial charge in [0, 0.05) is 44.9 Å². The van der Waals surface area contributed by atoms with Gasteiger partial charge in [-0.05, 0) is 75.4 Å². The number of sulfonamides is 1. The topological polar surface area (TPSA) is 95.1 Å². The molecule has 1 spiro atoms. The first-order valence-electron chi connectivity index (χ1n) is 14.2. The fourth-order valence-electron chi connectivity index (χ4n) is 6.67. The van der Waals surface area contributed by atoms with Crippen molar-refractivity contribution < 1.29 is 21.6 Å². The normalized spacial score (nSPS) is 23.8. The van der Waals surface area contributed by atoms with Crippen molar-refractivity contribution in [1.29, 1.82) is 0 Å². The number of hydrogen-bond donors (Lipinski definition) is 0. The van der Waals surface area contributed by atoms with Crippen molar-refractivity contribution >= 4 is 38.2 Å². The Morgan fingerprint density at radius 3 is 2.07 bits per heavy atom. The van der Waals surface area contributed by atoms with Crippen LogP contribution in [0.25, 0.3) is 0 Å². The molecule has 2 unspecified atom stereocenters. The molecule has 41 heavy (non-hydrogen) atoms. The fourth-order valence-corrected chi connectivity index (χ4v) is 8.66. The van der Waals surface area contributed by atoms with Crippen molar-refractivity contribution in [2.75, 3.05) is 45.5 Å². The summed E-state index contributed by atoms with van der Waals surface area (Å²) < 4.78 is 51.2. The average Bonchev–Trinajstić information content (AvgIpc) is 3.48. The zero-order chi connectivity index (χ0) is 28.7. The molecule has 0 N–H and O–H groups in total. The molecule has 3 fully saturated rings. The molecule has 0 radical (unpaired) electrons. The summed E-state index contributed by atoms with van der Waals surface area (Å²) >= 11 is 0. The van der Waals surface area contributed by atoms with Gasteiger partial charge < -0.3 is 9.80 Å². The van der Waals surface area contributed by atoms with Crippen LogP contribution in [0, 0.1) is 11.3 Å². The van der Waals surface area contributed by atoms with Crippen LogP contribution in [0.2, 0.25) is 0 Å². The lowest BCUT2D eigenvalue weighted by Gasteiger charge is -2.39. The van der Waals surface area contributed by atoms with E-state index in [0.717, 1.165) is 44.5 Å². The minimum atomic E-state index is -3.32. The first-order chi connectivity index (χ1) is 18.9. The molecule has 11 heteroatoms. The number of rotatable bonds is 8. The fraction of sp³-hybridized carbons (Fsp3) is 0.567. The number of carbonyl (C=O) groups is 1. The molecule has 0 aliphatic carbocycles. The van der Waals surface area contributed by atoms with Gasteiger partial charge in [-0.15, -0.1) is 12.4 Å². The molecule has 3 heterocycles. The van der Waals surface area contributed by atoms with Crippen LogP contribution < -0.4 is 0 Å². The van der Waals surface area contributed by atoms with Crippen LogP contribution in [0.3, 0.4) is 0 Å². The molecule has 226 valence electrons. The van der Waals surface area contributed by atoms with Crippen LogP contribution >= 0.6 is 12.4 Å². The van der Waals surface area contributed by atoms with Crippen LogP contribution in [0.15, 0.2) is 59.5 Å². The molecular formula is C30H42ClN3O5S2. The van der Waals surface area contributed by atoms with Gasteiger partial charge >= 0.3 is 0 Å². The second-order valence-electron chi connectivity index (χ2n) is 12.2. The maximum absolute atomic E-state index is 13.6. The zero-order valence-corrected chi connectivity index (χ0v) is 26.6. The summed E-state index contributed by atoms with van der Waals surface area (Å²) in [5.74, 6) is 0.565. The van der Waals surface area contributed by atoms with E-state index < -0.39 is 25.1 Å². The third-order valence-electron chi connectivity index (χ3n) is 9.22. The van der Waals surface area contributed by atoms with E-state index in [2.05, 4.69) is 17.0 Å². The Morgan fingerprint density at radius 1 is 0.878 bits per heavy atom. The highest BCUT2D eigenvalue weighted by molar-refractivity contribution is 7.90. The summed E-state index contributed by atoms with van der Waals surface area (Å²) in [5.41, 5.74) is 1.79. The number of amides is 1. The third-order valence-corrected chi connectivity index (χ3v) is 12.6. The van der Waals surface area contributed by atoms with E-state index in [-0.39, 0.29) is 40.5 Å². The van der Waals surface area contributed by atoms with Gasteiger partial charge in [-0.1, -0.05) is 42.5 Å². The van der Waals surface area contributed by atoms with Crippen molar-refractivity contribution in [2.24, 2.45) is 11.3 Å². The Labute approximate surface area is 251 Å². The van der Waals surface area contributed by atoms with E-state index in [9.17, 15) is 21.6 Å². The van der Waals surface area contributed by atoms with E-state index >= 15 is 0 Å². The van der Waals surface area contributed by atoms with Crippen LogP contribution in [-0.2, 0) is 31.2 Å². The summed E-state index contributed by atoms with van der Waals surface area (Å²) in [6.07, 6.45) is 3.66. The number of likely N-dealkylation sites (tertiary alicyclic amines) is 2. The number of piperidine rings is 1. The molecule has 5 rings (SSSR count). The highest BCUT2D eigenvalue weighted by atomic mass is 35.5. The quantitative estimate of drug-likeness (QED) is 0.444. The van der Waals surface area contributed by atoms with E-state index in [1.54, 1.807) is 42.4 Å². The standard InChI is InChI=1S/C30H41N3O5S2.ClH/c1-23(2)40(37,38)33-21-26(28(22-33)25-7-5-4-6-8-25)20-31-16-13-30(14-17-31)15-18-32(29(30)34)19-24-9-11-27(12-10-24)39(3,35)36;/h4-12,23,26,28H,13-22H2,1-3H3;1H. The molecule has 0 aromatic heterocycles. The van der Waals surface area contributed by atoms with Crippen LogP contribution in [0.5, 0.6) is 0 Å².